The van der Waals surface area contributed by atoms with Crippen LogP contribution in [0.1, 0.15) is 57.7 Å². The first kappa shape index (κ1) is 29.2. The molecule has 1 saturated heterocycles. The third kappa shape index (κ3) is 7.73. The summed E-state index contributed by atoms with van der Waals surface area (Å²) < 4.78 is 29.3. The van der Waals surface area contributed by atoms with Gasteiger partial charge in [0.15, 0.2) is 0 Å². The largest absolute Gasteiger partial charge is 0.772 e. The molecule has 218 valence electrons. The van der Waals surface area contributed by atoms with Crippen LogP contribution in [0.15, 0.2) is 42.7 Å². The molecule has 2 aromatic heterocycles. The number of rotatable bonds is 10. The van der Waals surface area contributed by atoms with E-state index in [2.05, 4.69) is 34.0 Å². The average Bonchev–Trinajstić information content (AvgIpc) is 3.62. The van der Waals surface area contributed by atoms with E-state index >= 15 is 0 Å². The van der Waals surface area contributed by atoms with Gasteiger partial charge in [0.1, 0.15) is 11.6 Å². The molecule has 41 heavy (non-hydrogen) atoms. The lowest BCUT2D eigenvalue weighted by Gasteiger charge is -2.26. The van der Waals surface area contributed by atoms with Gasteiger partial charge in [0.05, 0.1) is 12.1 Å². The Morgan fingerprint density at radius 2 is 2.05 bits per heavy atom. The van der Waals surface area contributed by atoms with Crippen molar-refractivity contribution in [2.24, 2.45) is 11.8 Å². The number of hydrogen-bond donors (Lipinski definition) is 1. The molecular weight excluding hydrogens is 538 g/mol. The lowest BCUT2D eigenvalue weighted by molar-refractivity contribution is -0.126. The number of nitrogens with zero attached hydrogens (tertiary/aromatic N) is 4. The van der Waals surface area contributed by atoms with Gasteiger partial charge >= 0.3 is 0 Å². The Hall–Kier alpha value is -3.26. The van der Waals surface area contributed by atoms with Crippen LogP contribution in [0.5, 0.6) is 5.75 Å². The van der Waals surface area contributed by atoms with E-state index in [0.29, 0.717) is 30.4 Å². The zero-order chi connectivity index (χ0) is 28.6. The topological polar surface area (TPSA) is 112 Å². The maximum absolute atomic E-state index is 12.8. The SMILES string of the molecule is CCCN1CC[C@@H](NC(=O)C2CCC(C#Cc3nccc(-n4ccc5c(OCCCS(=O)[O-])cccc54)n3)CC2)C1. The first-order valence-corrected chi connectivity index (χ1v) is 15.9. The summed E-state index contributed by atoms with van der Waals surface area (Å²) >= 11 is -2.06. The van der Waals surface area contributed by atoms with Crippen molar-refractivity contribution in [3.8, 4) is 23.4 Å². The Morgan fingerprint density at radius 1 is 1.20 bits per heavy atom. The zero-order valence-electron chi connectivity index (χ0n) is 23.6. The smallest absolute Gasteiger partial charge is 0.223 e. The van der Waals surface area contributed by atoms with Crippen molar-refractivity contribution in [2.75, 3.05) is 32.0 Å². The molecule has 5 rings (SSSR count). The minimum atomic E-state index is -2.06. The van der Waals surface area contributed by atoms with Crippen LogP contribution < -0.4 is 10.1 Å². The highest BCUT2D eigenvalue weighted by Gasteiger charge is 2.29. The van der Waals surface area contributed by atoms with E-state index in [1.165, 1.54) is 0 Å². The molecule has 10 heteroatoms. The van der Waals surface area contributed by atoms with Gasteiger partial charge in [0.25, 0.3) is 0 Å². The van der Waals surface area contributed by atoms with Crippen LogP contribution in [-0.2, 0) is 15.9 Å². The van der Waals surface area contributed by atoms with E-state index in [0.717, 1.165) is 69.1 Å². The molecule has 0 bridgehead atoms. The monoisotopic (exact) mass is 576 g/mol. The summed E-state index contributed by atoms with van der Waals surface area (Å²) in [6.45, 7) is 5.69. The predicted molar refractivity (Wildman–Crippen MR) is 158 cm³/mol. The molecule has 1 aliphatic heterocycles. The number of aromatic nitrogens is 3. The molecule has 1 aromatic carbocycles. The third-order valence-corrected chi connectivity index (χ3v) is 8.56. The Balaban J connectivity index is 1.16. The Labute approximate surface area is 244 Å². The maximum Gasteiger partial charge on any atom is 0.223 e. The number of nitrogens with one attached hydrogen (secondary N) is 1. The lowest BCUT2D eigenvalue weighted by atomic mass is 9.82. The summed E-state index contributed by atoms with van der Waals surface area (Å²) in [5.41, 5.74) is 0.930. The molecule has 9 nitrogen and oxygen atoms in total. The molecule has 1 unspecified atom stereocenters. The molecule has 0 spiro atoms. The molecule has 1 amide bonds. The fraction of sp³-hybridized carbons (Fsp3) is 0.516. The van der Waals surface area contributed by atoms with E-state index < -0.39 is 11.1 Å². The van der Waals surface area contributed by atoms with Crippen LogP contribution in [0.4, 0.5) is 0 Å². The zero-order valence-corrected chi connectivity index (χ0v) is 24.4. The number of benzene rings is 1. The lowest BCUT2D eigenvalue weighted by Crippen LogP contribution is -2.41. The summed E-state index contributed by atoms with van der Waals surface area (Å²) in [4.78, 5) is 24.3. The summed E-state index contributed by atoms with van der Waals surface area (Å²) in [7, 11) is 0. The molecule has 1 saturated carbocycles. The second kappa shape index (κ2) is 14.1. The molecule has 3 aromatic rings. The number of carbonyl (C=O) groups is 1. The van der Waals surface area contributed by atoms with E-state index in [1.807, 2.05) is 41.1 Å². The van der Waals surface area contributed by atoms with Gasteiger partial charge in [-0.3, -0.25) is 9.00 Å². The quantitative estimate of drug-likeness (QED) is 0.222. The van der Waals surface area contributed by atoms with Crippen molar-refractivity contribution in [1.29, 1.82) is 0 Å². The molecule has 3 heterocycles. The highest BCUT2D eigenvalue weighted by molar-refractivity contribution is 7.79. The van der Waals surface area contributed by atoms with Crippen molar-refractivity contribution >= 4 is 27.9 Å². The van der Waals surface area contributed by atoms with Gasteiger partial charge in [-0.05, 0) is 81.7 Å². The normalized spacial score (nSPS) is 21.8. The summed E-state index contributed by atoms with van der Waals surface area (Å²) in [6, 6.07) is 9.88. The minimum absolute atomic E-state index is 0.0804. The van der Waals surface area contributed by atoms with Crippen molar-refractivity contribution in [3.63, 3.8) is 0 Å². The number of fused-ring (bicyclic) bond motifs is 1. The first-order valence-electron chi connectivity index (χ1n) is 14.7. The van der Waals surface area contributed by atoms with E-state index in [9.17, 15) is 13.6 Å². The van der Waals surface area contributed by atoms with E-state index in [1.54, 1.807) is 6.20 Å². The maximum atomic E-state index is 12.8. The average molecular weight is 577 g/mol. The number of likely N-dealkylation sites (tertiary alicyclic amines) is 1. The third-order valence-electron chi connectivity index (χ3n) is 7.94. The molecule has 1 N–H and O–H groups in total. The van der Waals surface area contributed by atoms with Gasteiger partial charge in [0.2, 0.25) is 11.7 Å². The molecule has 2 fully saturated rings. The van der Waals surface area contributed by atoms with Gasteiger partial charge in [-0.25, -0.2) is 9.97 Å². The molecule has 2 aliphatic rings. The highest BCUT2D eigenvalue weighted by Crippen LogP contribution is 2.30. The van der Waals surface area contributed by atoms with Crippen LogP contribution in [0.25, 0.3) is 16.7 Å². The highest BCUT2D eigenvalue weighted by atomic mass is 32.2. The van der Waals surface area contributed by atoms with Crippen LogP contribution in [0, 0.1) is 23.7 Å². The Kier molecular flexibility index (Phi) is 10.0. The van der Waals surface area contributed by atoms with Crippen LogP contribution >= 0.6 is 0 Å². The summed E-state index contributed by atoms with van der Waals surface area (Å²) in [5.74, 6) is 9.03. The van der Waals surface area contributed by atoms with Crippen LogP contribution in [-0.4, -0.2) is 72.1 Å². The second-order valence-electron chi connectivity index (χ2n) is 10.9. The van der Waals surface area contributed by atoms with Crippen molar-refractivity contribution in [1.82, 2.24) is 24.8 Å². The van der Waals surface area contributed by atoms with E-state index in [-0.39, 0.29) is 29.5 Å². The van der Waals surface area contributed by atoms with Crippen LogP contribution in [0.2, 0.25) is 0 Å². The molecule has 1 aliphatic carbocycles. The number of ether oxygens (including phenoxy) is 1. The van der Waals surface area contributed by atoms with Gasteiger partial charge in [-0.15, -0.1) is 0 Å². The summed E-state index contributed by atoms with van der Waals surface area (Å²) in [6.07, 6.45) is 9.84. The molecule has 0 radical (unpaired) electrons. The standard InChI is InChI=1S/C31H39N5O4S/c1-2-17-35-18-14-25(22-35)33-31(37)24-10-7-23(8-11-24)9-12-29-32-16-13-30(34-29)36-19-15-26-27(36)5-3-6-28(26)40-20-4-21-41(38)39/h3,5-6,13,15-16,19,23-25H,2,4,7-8,10-11,14,17-18,20-22H2,1H3,(H,33,37)(H,38,39)/p-1/t23?,24?,25-/m1/s1. The predicted octanol–water partition coefficient (Wildman–Crippen LogP) is 3.83. The fourth-order valence-electron chi connectivity index (χ4n) is 5.82. The Bertz CT molecular complexity index is 1420. The van der Waals surface area contributed by atoms with Crippen molar-refractivity contribution < 1.29 is 18.3 Å². The number of amides is 1. The van der Waals surface area contributed by atoms with Gasteiger partial charge < -0.3 is 24.1 Å². The van der Waals surface area contributed by atoms with Crippen LogP contribution in [0.3, 0.4) is 0 Å². The van der Waals surface area contributed by atoms with Crippen molar-refractivity contribution in [3.05, 3.63) is 48.5 Å². The fourth-order valence-corrected chi connectivity index (χ4v) is 6.18. The van der Waals surface area contributed by atoms with Gasteiger partial charge in [-0.2, -0.15) is 0 Å². The molecular formula is C31H38N5O4S-. The minimum Gasteiger partial charge on any atom is -0.772 e. The number of hydrogen-bond acceptors (Lipinski definition) is 7. The van der Waals surface area contributed by atoms with Gasteiger partial charge in [-0.1, -0.05) is 30.0 Å². The van der Waals surface area contributed by atoms with Gasteiger partial charge in [0, 0.05) is 54.5 Å². The summed E-state index contributed by atoms with van der Waals surface area (Å²) in [5, 5.41) is 4.22. The molecule has 2 atom stereocenters. The van der Waals surface area contributed by atoms with Crippen molar-refractivity contribution in [2.45, 2.75) is 57.9 Å². The number of carbonyl (C=O) groups excluding carboxylic acids is 1. The Morgan fingerprint density at radius 3 is 2.85 bits per heavy atom. The van der Waals surface area contributed by atoms with E-state index in [4.69, 9.17) is 9.72 Å². The first-order chi connectivity index (χ1) is 20.0. The second-order valence-corrected chi connectivity index (χ2v) is 12.0.